The summed E-state index contributed by atoms with van der Waals surface area (Å²) < 4.78 is 4.78. The van der Waals surface area contributed by atoms with E-state index in [1.165, 1.54) is 18.9 Å². The van der Waals surface area contributed by atoms with Crippen molar-refractivity contribution in [2.45, 2.75) is 13.5 Å². The van der Waals surface area contributed by atoms with Crippen LogP contribution < -0.4 is 10.2 Å². The van der Waals surface area contributed by atoms with Crippen LogP contribution in [0, 0.1) is 0 Å². The van der Waals surface area contributed by atoms with Crippen molar-refractivity contribution >= 4 is 23.3 Å². The van der Waals surface area contributed by atoms with Crippen LogP contribution in [0.5, 0.6) is 0 Å². The van der Waals surface area contributed by atoms with E-state index >= 15 is 0 Å². The van der Waals surface area contributed by atoms with E-state index in [-0.39, 0.29) is 5.91 Å². The zero-order valence-corrected chi connectivity index (χ0v) is 16.5. The third kappa shape index (κ3) is 4.99. The van der Waals surface area contributed by atoms with Gasteiger partial charge >= 0.3 is 5.97 Å². The summed E-state index contributed by atoms with van der Waals surface area (Å²) in [5.74, 6) is -0.848. The zero-order valence-electron chi connectivity index (χ0n) is 16.5. The number of esters is 1. The van der Waals surface area contributed by atoms with Crippen molar-refractivity contribution in [3.63, 3.8) is 0 Å². The number of aromatic nitrogens is 1. The summed E-state index contributed by atoms with van der Waals surface area (Å²) in [6.07, 6.45) is 3.25. The summed E-state index contributed by atoms with van der Waals surface area (Å²) in [6, 6.07) is 18.7. The number of ether oxygens (including phenoxy) is 1. The molecule has 0 aliphatic rings. The Morgan fingerprint density at radius 2 is 1.76 bits per heavy atom. The van der Waals surface area contributed by atoms with Crippen molar-refractivity contribution in [2.75, 3.05) is 23.9 Å². The van der Waals surface area contributed by atoms with Gasteiger partial charge in [-0.2, -0.15) is 0 Å². The predicted octanol–water partition coefficient (Wildman–Crippen LogP) is 4.15. The molecule has 148 valence electrons. The quantitative estimate of drug-likeness (QED) is 0.615. The fraction of sp³-hybridized carbons (Fsp3) is 0.174. The van der Waals surface area contributed by atoms with Gasteiger partial charge in [0.15, 0.2) is 0 Å². The molecule has 0 aliphatic carbocycles. The Morgan fingerprint density at radius 3 is 2.48 bits per heavy atom. The van der Waals surface area contributed by atoms with E-state index in [1.54, 1.807) is 36.5 Å². The van der Waals surface area contributed by atoms with Crippen LogP contribution in [0.15, 0.2) is 73.1 Å². The highest BCUT2D eigenvalue weighted by atomic mass is 16.5. The van der Waals surface area contributed by atoms with Crippen LogP contribution >= 0.6 is 0 Å². The minimum absolute atomic E-state index is 0.298. The Labute approximate surface area is 170 Å². The molecular formula is C23H23N3O3. The predicted molar refractivity (Wildman–Crippen MR) is 113 cm³/mol. The molecule has 0 unspecified atom stereocenters. The Bertz CT molecular complexity index is 989. The van der Waals surface area contributed by atoms with Gasteiger partial charge in [0, 0.05) is 19.3 Å². The Balaban J connectivity index is 1.80. The number of carbonyl (C=O) groups is 2. The monoisotopic (exact) mass is 389 g/mol. The summed E-state index contributed by atoms with van der Waals surface area (Å²) in [6.45, 7) is 3.55. The molecule has 0 bridgehead atoms. The molecule has 0 fully saturated rings. The van der Waals surface area contributed by atoms with Crippen LogP contribution in [-0.2, 0) is 11.3 Å². The number of nitrogens with one attached hydrogen (secondary N) is 1. The minimum Gasteiger partial charge on any atom is -0.465 e. The first-order valence-corrected chi connectivity index (χ1v) is 9.35. The van der Waals surface area contributed by atoms with Crippen molar-refractivity contribution in [1.29, 1.82) is 0 Å². The number of para-hydroxylation sites is 1. The first kappa shape index (κ1) is 20.1. The van der Waals surface area contributed by atoms with Gasteiger partial charge in [0.25, 0.3) is 5.91 Å². The molecule has 1 amide bonds. The van der Waals surface area contributed by atoms with Crippen molar-refractivity contribution in [2.24, 2.45) is 0 Å². The number of hydrogen-bond donors (Lipinski definition) is 1. The second-order valence-corrected chi connectivity index (χ2v) is 6.42. The number of amides is 1. The molecule has 2 aromatic carbocycles. The normalized spacial score (nSPS) is 10.3. The molecule has 0 saturated carbocycles. The number of methoxy groups -OCH3 is 1. The van der Waals surface area contributed by atoms with Gasteiger partial charge in [-0.05, 0) is 30.7 Å². The van der Waals surface area contributed by atoms with E-state index in [9.17, 15) is 9.59 Å². The maximum absolute atomic E-state index is 12.8. The SMILES string of the molecule is CCN(Cc1ccccc1)c1cncc(C(=O)Nc2ccccc2C(=O)OC)c1. The van der Waals surface area contributed by atoms with E-state index in [1.807, 2.05) is 18.2 Å². The lowest BCUT2D eigenvalue weighted by molar-refractivity contribution is 0.0602. The number of anilines is 2. The van der Waals surface area contributed by atoms with E-state index in [0.717, 1.165) is 18.8 Å². The van der Waals surface area contributed by atoms with Gasteiger partial charge in [-0.15, -0.1) is 0 Å². The van der Waals surface area contributed by atoms with Gasteiger partial charge in [-0.3, -0.25) is 9.78 Å². The molecule has 0 atom stereocenters. The maximum atomic E-state index is 12.8. The first-order chi connectivity index (χ1) is 14.1. The summed E-state index contributed by atoms with van der Waals surface area (Å²) in [5.41, 5.74) is 3.13. The van der Waals surface area contributed by atoms with Crippen molar-refractivity contribution in [1.82, 2.24) is 4.98 Å². The van der Waals surface area contributed by atoms with E-state index in [4.69, 9.17) is 4.74 Å². The van der Waals surface area contributed by atoms with Gasteiger partial charge in [-0.1, -0.05) is 42.5 Å². The summed E-state index contributed by atoms with van der Waals surface area (Å²) in [7, 11) is 1.31. The van der Waals surface area contributed by atoms with Crippen LogP contribution in [0.2, 0.25) is 0 Å². The first-order valence-electron chi connectivity index (χ1n) is 9.35. The highest BCUT2D eigenvalue weighted by Gasteiger charge is 2.15. The number of hydrogen-bond acceptors (Lipinski definition) is 5. The molecule has 6 heteroatoms. The molecule has 3 aromatic rings. The molecule has 1 heterocycles. The molecule has 0 saturated heterocycles. The zero-order chi connectivity index (χ0) is 20.6. The second-order valence-electron chi connectivity index (χ2n) is 6.42. The average Bonchev–Trinajstić information content (AvgIpc) is 2.78. The molecule has 1 N–H and O–H groups in total. The van der Waals surface area contributed by atoms with Crippen LogP contribution in [0.3, 0.4) is 0 Å². The van der Waals surface area contributed by atoms with Gasteiger partial charge in [0.1, 0.15) is 0 Å². The van der Waals surface area contributed by atoms with E-state index in [2.05, 4.69) is 34.3 Å². The number of carbonyl (C=O) groups excluding carboxylic acids is 2. The van der Waals surface area contributed by atoms with E-state index < -0.39 is 5.97 Å². The largest absolute Gasteiger partial charge is 0.465 e. The van der Waals surface area contributed by atoms with Gasteiger partial charge in [0.2, 0.25) is 0 Å². The van der Waals surface area contributed by atoms with Crippen LogP contribution in [0.1, 0.15) is 33.2 Å². The standard InChI is InChI=1S/C23H23N3O3/c1-3-26(16-17-9-5-4-6-10-17)19-13-18(14-24-15-19)22(27)25-21-12-8-7-11-20(21)23(28)29-2/h4-15H,3,16H2,1-2H3,(H,25,27). The Kier molecular flexibility index (Phi) is 6.58. The molecule has 1 aromatic heterocycles. The average molecular weight is 389 g/mol. The lowest BCUT2D eigenvalue weighted by Gasteiger charge is -2.23. The summed E-state index contributed by atoms with van der Waals surface area (Å²) in [4.78, 5) is 31.1. The fourth-order valence-corrected chi connectivity index (χ4v) is 2.99. The topological polar surface area (TPSA) is 71.5 Å². The number of pyridine rings is 1. The lowest BCUT2D eigenvalue weighted by atomic mass is 10.1. The summed E-state index contributed by atoms with van der Waals surface area (Å²) >= 11 is 0. The molecule has 0 radical (unpaired) electrons. The highest BCUT2D eigenvalue weighted by molar-refractivity contribution is 6.08. The Morgan fingerprint density at radius 1 is 1.03 bits per heavy atom. The molecule has 0 aliphatic heterocycles. The summed E-state index contributed by atoms with van der Waals surface area (Å²) in [5, 5.41) is 2.78. The Hall–Kier alpha value is -3.67. The number of benzene rings is 2. The smallest absolute Gasteiger partial charge is 0.339 e. The van der Waals surface area contributed by atoms with E-state index in [0.29, 0.717) is 16.8 Å². The molecular weight excluding hydrogens is 366 g/mol. The van der Waals surface area contributed by atoms with Crippen LogP contribution in [0.25, 0.3) is 0 Å². The van der Waals surface area contributed by atoms with Gasteiger partial charge in [0.05, 0.1) is 35.8 Å². The van der Waals surface area contributed by atoms with Gasteiger partial charge < -0.3 is 15.0 Å². The number of rotatable bonds is 7. The van der Waals surface area contributed by atoms with Gasteiger partial charge in [-0.25, -0.2) is 4.79 Å². The number of nitrogens with zero attached hydrogens (tertiary/aromatic N) is 2. The third-order valence-corrected chi connectivity index (χ3v) is 4.53. The van der Waals surface area contributed by atoms with Crippen molar-refractivity contribution in [3.8, 4) is 0 Å². The van der Waals surface area contributed by atoms with Crippen LogP contribution in [-0.4, -0.2) is 30.5 Å². The molecule has 3 rings (SSSR count). The molecule has 29 heavy (non-hydrogen) atoms. The van der Waals surface area contributed by atoms with Crippen LogP contribution in [0.4, 0.5) is 11.4 Å². The maximum Gasteiger partial charge on any atom is 0.339 e. The lowest BCUT2D eigenvalue weighted by Crippen LogP contribution is -2.23. The second kappa shape index (κ2) is 9.50. The van der Waals surface area contributed by atoms with Crippen molar-refractivity contribution in [3.05, 3.63) is 89.7 Å². The third-order valence-electron chi connectivity index (χ3n) is 4.53. The fourth-order valence-electron chi connectivity index (χ4n) is 2.99. The highest BCUT2D eigenvalue weighted by Crippen LogP contribution is 2.20. The molecule has 6 nitrogen and oxygen atoms in total. The van der Waals surface area contributed by atoms with Crippen molar-refractivity contribution < 1.29 is 14.3 Å². The minimum atomic E-state index is -0.507. The molecule has 0 spiro atoms.